The summed E-state index contributed by atoms with van der Waals surface area (Å²) in [4.78, 5) is 3.43. The fourth-order valence-corrected chi connectivity index (χ4v) is 5.90. The summed E-state index contributed by atoms with van der Waals surface area (Å²) in [5, 5.41) is 20.8. The minimum absolute atomic E-state index is 0.206. The molecule has 34 heavy (non-hydrogen) atoms. The van der Waals surface area contributed by atoms with Gasteiger partial charge in [0.05, 0.1) is 0 Å². The van der Waals surface area contributed by atoms with Gasteiger partial charge in [-0.15, -0.1) is 11.3 Å². The number of aromatic hydroxyl groups is 2. The van der Waals surface area contributed by atoms with Gasteiger partial charge in [-0.2, -0.15) is 0 Å². The first kappa shape index (κ1) is 22.8. The van der Waals surface area contributed by atoms with Crippen molar-refractivity contribution < 1.29 is 19.2 Å². The van der Waals surface area contributed by atoms with Crippen molar-refractivity contribution in [2.45, 2.75) is 19.3 Å². The molecule has 0 unspecified atom stereocenters. The highest BCUT2D eigenvalue weighted by Gasteiger charge is 2.21. The standard InChI is InChI=1S/C27H26ClNO4S/c28-33-24-11-9-21(32-15-14-29-12-2-1-3-13-29)17-23(24)26-22-10-8-20(31)16-25(22)34-27(26)18-4-6-19(30)7-5-18/h4-11,16-17,30-31H,1-3,12-15H2. The van der Waals surface area contributed by atoms with Crippen molar-refractivity contribution in [1.29, 1.82) is 0 Å². The summed E-state index contributed by atoms with van der Waals surface area (Å²) in [6.07, 6.45) is 3.83. The van der Waals surface area contributed by atoms with Crippen LogP contribution in [-0.4, -0.2) is 41.4 Å². The normalized spacial score (nSPS) is 14.4. The molecule has 5 nitrogen and oxygen atoms in total. The fourth-order valence-electron chi connectivity index (χ4n) is 4.51. The second-order valence-electron chi connectivity index (χ2n) is 8.52. The number of phenolic OH excluding ortho intramolecular Hbond substituents is 2. The Kier molecular flexibility index (Phi) is 6.81. The number of nitrogens with zero attached hydrogens (tertiary/aromatic N) is 1. The zero-order valence-electron chi connectivity index (χ0n) is 18.7. The van der Waals surface area contributed by atoms with Gasteiger partial charge in [0.25, 0.3) is 0 Å². The number of hydrogen-bond donors (Lipinski definition) is 2. The van der Waals surface area contributed by atoms with Gasteiger partial charge in [0.2, 0.25) is 0 Å². The topological polar surface area (TPSA) is 62.2 Å². The molecule has 1 saturated heterocycles. The van der Waals surface area contributed by atoms with Crippen LogP contribution in [0.25, 0.3) is 31.7 Å². The van der Waals surface area contributed by atoms with E-state index in [1.807, 2.05) is 36.4 Å². The van der Waals surface area contributed by atoms with Crippen LogP contribution in [0, 0.1) is 0 Å². The lowest BCUT2D eigenvalue weighted by Crippen LogP contribution is -2.33. The Balaban J connectivity index is 1.54. The van der Waals surface area contributed by atoms with E-state index >= 15 is 0 Å². The van der Waals surface area contributed by atoms with Crippen LogP contribution >= 0.6 is 23.2 Å². The molecule has 0 bridgehead atoms. The minimum Gasteiger partial charge on any atom is -0.508 e. The Morgan fingerprint density at radius 2 is 1.65 bits per heavy atom. The zero-order valence-corrected chi connectivity index (χ0v) is 20.2. The predicted molar refractivity (Wildman–Crippen MR) is 138 cm³/mol. The van der Waals surface area contributed by atoms with E-state index in [-0.39, 0.29) is 11.5 Å². The van der Waals surface area contributed by atoms with Gasteiger partial charge in [0, 0.05) is 32.6 Å². The SMILES string of the molecule is Oc1ccc(-c2sc3cc(O)ccc3c2-c2cc(OCCN3CCCCC3)ccc2OCl)cc1. The van der Waals surface area contributed by atoms with Crippen LogP contribution in [0.15, 0.2) is 60.7 Å². The number of likely N-dealkylation sites (tertiary alicyclic amines) is 1. The van der Waals surface area contributed by atoms with Gasteiger partial charge in [0.15, 0.2) is 5.75 Å². The molecule has 7 heteroatoms. The van der Waals surface area contributed by atoms with Crippen LogP contribution in [-0.2, 0) is 0 Å². The van der Waals surface area contributed by atoms with Crippen molar-refractivity contribution in [2.24, 2.45) is 0 Å². The van der Waals surface area contributed by atoms with E-state index in [0.29, 0.717) is 12.4 Å². The fraction of sp³-hybridized carbons (Fsp3) is 0.259. The van der Waals surface area contributed by atoms with Crippen LogP contribution in [0.4, 0.5) is 0 Å². The first-order chi connectivity index (χ1) is 16.6. The van der Waals surface area contributed by atoms with Crippen molar-refractivity contribution in [3.05, 3.63) is 60.7 Å². The average molecular weight is 496 g/mol. The Morgan fingerprint density at radius 1 is 0.882 bits per heavy atom. The lowest BCUT2D eigenvalue weighted by Gasteiger charge is -2.26. The number of hydrogen-bond acceptors (Lipinski definition) is 6. The number of rotatable bonds is 7. The van der Waals surface area contributed by atoms with Crippen LogP contribution in [0.1, 0.15) is 19.3 Å². The molecule has 176 valence electrons. The maximum absolute atomic E-state index is 10.1. The monoisotopic (exact) mass is 495 g/mol. The summed E-state index contributed by atoms with van der Waals surface area (Å²) >= 11 is 7.45. The van der Waals surface area contributed by atoms with Crippen molar-refractivity contribution in [3.63, 3.8) is 0 Å². The minimum atomic E-state index is 0.206. The van der Waals surface area contributed by atoms with Gasteiger partial charge in [-0.05, 0) is 92.2 Å². The second kappa shape index (κ2) is 10.1. The van der Waals surface area contributed by atoms with Crippen LogP contribution in [0.2, 0.25) is 0 Å². The Labute approximate surface area is 207 Å². The lowest BCUT2D eigenvalue weighted by molar-refractivity contribution is 0.183. The van der Waals surface area contributed by atoms with Gasteiger partial charge in [-0.3, -0.25) is 4.90 Å². The van der Waals surface area contributed by atoms with Crippen LogP contribution in [0.3, 0.4) is 0 Å². The highest BCUT2D eigenvalue weighted by atomic mass is 35.5. The summed E-state index contributed by atoms with van der Waals surface area (Å²) in [5.74, 6) is 1.69. The van der Waals surface area contributed by atoms with Crippen LogP contribution < -0.4 is 9.03 Å². The lowest BCUT2D eigenvalue weighted by atomic mass is 9.97. The first-order valence-electron chi connectivity index (χ1n) is 11.5. The summed E-state index contributed by atoms with van der Waals surface area (Å²) in [6, 6.07) is 18.1. The predicted octanol–water partition coefficient (Wildman–Crippen LogP) is 7.04. The van der Waals surface area contributed by atoms with E-state index in [0.717, 1.165) is 57.0 Å². The molecule has 2 N–H and O–H groups in total. The Bertz CT molecular complexity index is 1280. The zero-order chi connectivity index (χ0) is 23.5. The maximum atomic E-state index is 10.1. The number of benzene rings is 3. The van der Waals surface area contributed by atoms with Crippen molar-refractivity contribution in [3.8, 4) is 44.6 Å². The largest absolute Gasteiger partial charge is 0.508 e. The summed E-state index contributed by atoms with van der Waals surface area (Å²) < 4.78 is 12.3. The highest BCUT2D eigenvalue weighted by molar-refractivity contribution is 7.23. The maximum Gasteiger partial charge on any atom is 0.154 e. The number of phenols is 2. The van der Waals surface area contributed by atoms with Crippen LogP contribution in [0.5, 0.6) is 23.0 Å². The van der Waals surface area contributed by atoms with Gasteiger partial charge in [-0.25, -0.2) is 0 Å². The Morgan fingerprint density at radius 3 is 2.41 bits per heavy atom. The molecule has 2 heterocycles. The number of ether oxygens (including phenoxy) is 1. The average Bonchev–Trinajstić information content (AvgIpc) is 3.23. The molecule has 3 aromatic carbocycles. The highest BCUT2D eigenvalue weighted by Crippen LogP contribution is 2.49. The molecule has 5 rings (SSSR count). The third-order valence-corrected chi connectivity index (χ3v) is 7.60. The molecule has 1 aromatic heterocycles. The molecule has 1 aliphatic rings. The Hall–Kier alpha value is -2.93. The summed E-state index contributed by atoms with van der Waals surface area (Å²) in [6.45, 7) is 3.79. The molecule has 0 spiro atoms. The number of halogens is 1. The van der Waals surface area contributed by atoms with E-state index in [4.69, 9.17) is 20.9 Å². The van der Waals surface area contributed by atoms with Gasteiger partial charge in [-0.1, -0.05) is 6.42 Å². The van der Waals surface area contributed by atoms with E-state index in [9.17, 15) is 10.2 Å². The van der Waals surface area contributed by atoms with Crippen molar-refractivity contribution >= 4 is 33.3 Å². The molecule has 0 amide bonds. The quantitative estimate of drug-likeness (QED) is 0.288. The van der Waals surface area contributed by atoms with Gasteiger partial charge < -0.3 is 19.2 Å². The first-order valence-corrected chi connectivity index (χ1v) is 12.6. The third kappa shape index (κ3) is 4.80. The molecular formula is C27H26ClNO4S. The van der Waals surface area contributed by atoms with Crippen molar-refractivity contribution in [1.82, 2.24) is 4.90 Å². The molecule has 4 aromatic rings. The molecule has 0 atom stereocenters. The van der Waals surface area contributed by atoms with E-state index in [2.05, 4.69) is 4.90 Å². The number of thiophene rings is 1. The summed E-state index contributed by atoms with van der Waals surface area (Å²) in [5.41, 5.74) is 2.71. The molecule has 1 aliphatic heterocycles. The smallest absolute Gasteiger partial charge is 0.154 e. The van der Waals surface area contributed by atoms with E-state index in [1.165, 1.54) is 19.3 Å². The van der Waals surface area contributed by atoms with Gasteiger partial charge in [0.1, 0.15) is 35.7 Å². The molecule has 0 radical (unpaired) electrons. The number of piperidine rings is 1. The van der Waals surface area contributed by atoms with E-state index < -0.39 is 0 Å². The van der Waals surface area contributed by atoms with Gasteiger partial charge >= 0.3 is 0 Å². The van der Waals surface area contributed by atoms with Crippen molar-refractivity contribution in [2.75, 3.05) is 26.2 Å². The molecule has 1 fully saturated rings. The second-order valence-corrected chi connectivity index (χ2v) is 9.73. The molecule has 0 saturated carbocycles. The molecule has 0 aliphatic carbocycles. The number of fused-ring (bicyclic) bond motifs is 1. The van der Waals surface area contributed by atoms with E-state index in [1.54, 1.807) is 35.6 Å². The molecular weight excluding hydrogens is 470 g/mol. The third-order valence-electron chi connectivity index (χ3n) is 6.23. The summed E-state index contributed by atoms with van der Waals surface area (Å²) in [7, 11) is 0.